The molecular formula is C17H13FN2O4S. The quantitative estimate of drug-likeness (QED) is 0.846. The molecule has 8 heteroatoms. The summed E-state index contributed by atoms with van der Waals surface area (Å²) in [4.78, 5) is 37.3. The largest absolute Gasteiger partial charge is 0.462 e. The molecule has 128 valence electrons. The minimum atomic E-state index is -0.664. The number of imide groups is 1. The summed E-state index contributed by atoms with van der Waals surface area (Å²) in [5.41, 5.74) is -0.0129. The number of aryl methyl sites for hydroxylation is 1. The maximum Gasteiger partial charge on any atom is 0.294 e. The van der Waals surface area contributed by atoms with Crippen LogP contribution >= 0.6 is 11.8 Å². The maximum absolute atomic E-state index is 13.5. The third-order valence-corrected chi connectivity index (χ3v) is 4.27. The van der Waals surface area contributed by atoms with E-state index in [0.717, 1.165) is 16.7 Å². The number of hydrogen-bond acceptors (Lipinski definition) is 5. The first kappa shape index (κ1) is 17.0. The monoisotopic (exact) mass is 360 g/mol. The molecule has 0 spiro atoms. The molecule has 1 N–H and O–H groups in total. The number of nitrogens with one attached hydrogen (secondary N) is 1. The smallest absolute Gasteiger partial charge is 0.294 e. The van der Waals surface area contributed by atoms with Gasteiger partial charge in [-0.1, -0.05) is 12.1 Å². The van der Waals surface area contributed by atoms with Crippen molar-refractivity contribution in [3.63, 3.8) is 0 Å². The molecule has 3 amide bonds. The van der Waals surface area contributed by atoms with Gasteiger partial charge in [-0.05, 0) is 43.0 Å². The molecule has 1 aliphatic heterocycles. The Hall–Kier alpha value is -2.87. The van der Waals surface area contributed by atoms with Crippen LogP contribution in [0, 0.1) is 12.7 Å². The Morgan fingerprint density at radius 3 is 2.72 bits per heavy atom. The fourth-order valence-corrected chi connectivity index (χ4v) is 3.01. The molecule has 0 bridgehead atoms. The molecule has 6 nitrogen and oxygen atoms in total. The zero-order valence-electron chi connectivity index (χ0n) is 13.1. The summed E-state index contributed by atoms with van der Waals surface area (Å²) in [7, 11) is 0. The molecular weight excluding hydrogens is 347 g/mol. The van der Waals surface area contributed by atoms with E-state index in [1.54, 1.807) is 25.1 Å². The fraction of sp³-hybridized carbons (Fsp3) is 0.118. The number of thioether (sulfide) groups is 1. The van der Waals surface area contributed by atoms with Gasteiger partial charge in [-0.2, -0.15) is 0 Å². The molecule has 2 aromatic rings. The Labute approximate surface area is 146 Å². The number of anilines is 1. The molecule has 0 atom stereocenters. The molecule has 0 radical (unpaired) electrons. The highest BCUT2D eigenvalue weighted by Crippen LogP contribution is 2.32. The number of carbonyl (C=O) groups excluding carboxylic acids is 3. The van der Waals surface area contributed by atoms with Gasteiger partial charge in [0.2, 0.25) is 5.91 Å². The number of nitrogens with zero attached hydrogens (tertiary/aromatic N) is 1. The van der Waals surface area contributed by atoms with Crippen LogP contribution in [0.2, 0.25) is 0 Å². The number of halogens is 1. The van der Waals surface area contributed by atoms with Crippen LogP contribution in [0.25, 0.3) is 6.08 Å². The molecule has 1 fully saturated rings. The van der Waals surface area contributed by atoms with Crippen molar-refractivity contribution < 1.29 is 23.2 Å². The Morgan fingerprint density at radius 1 is 1.28 bits per heavy atom. The predicted molar refractivity (Wildman–Crippen MR) is 91.2 cm³/mol. The van der Waals surface area contributed by atoms with Gasteiger partial charge in [0.25, 0.3) is 11.1 Å². The van der Waals surface area contributed by atoms with E-state index in [2.05, 4.69) is 5.32 Å². The average Bonchev–Trinajstić information content (AvgIpc) is 3.08. The third-order valence-electron chi connectivity index (χ3n) is 3.36. The van der Waals surface area contributed by atoms with Crippen molar-refractivity contribution >= 4 is 40.6 Å². The highest BCUT2D eigenvalue weighted by molar-refractivity contribution is 8.18. The van der Waals surface area contributed by atoms with Gasteiger partial charge in [0.15, 0.2) is 0 Å². The van der Waals surface area contributed by atoms with Gasteiger partial charge in [-0.3, -0.25) is 19.3 Å². The van der Waals surface area contributed by atoms with Gasteiger partial charge in [0, 0.05) is 6.08 Å². The number of carbonyl (C=O) groups is 3. The molecule has 0 aliphatic carbocycles. The zero-order valence-corrected chi connectivity index (χ0v) is 13.9. The predicted octanol–water partition coefficient (Wildman–Crippen LogP) is 3.40. The lowest BCUT2D eigenvalue weighted by atomic mass is 10.3. The summed E-state index contributed by atoms with van der Waals surface area (Å²) in [6, 6.07) is 9.05. The van der Waals surface area contributed by atoms with Crippen molar-refractivity contribution in [1.82, 2.24) is 4.90 Å². The summed E-state index contributed by atoms with van der Waals surface area (Å²) >= 11 is 0.722. The summed E-state index contributed by atoms with van der Waals surface area (Å²) in [6.45, 7) is 1.27. The maximum atomic E-state index is 13.5. The van der Waals surface area contributed by atoms with Crippen molar-refractivity contribution in [2.45, 2.75) is 6.92 Å². The van der Waals surface area contributed by atoms with Crippen LogP contribution in [0.4, 0.5) is 14.9 Å². The van der Waals surface area contributed by atoms with Crippen LogP contribution in [0.1, 0.15) is 11.5 Å². The lowest BCUT2D eigenvalue weighted by Crippen LogP contribution is -2.36. The second kappa shape index (κ2) is 6.94. The van der Waals surface area contributed by atoms with Crippen molar-refractivity contribution in [2.24, 2.45) is 0 Å². The van der Waals surface area contributed by atoms with Gasteiger partial charge in [0.1, 0.15) is 23.9 Å². The number of hydrogen-bond donors (Lipinski definition) is 1. The molecule has 1 saturated heterocycles. The lowest BCUT2D eigenvalue weighted by Gasteiger charge is -2.12. The lowest BCUT2D eigenvalue weighted by molar-refractivity contribution is -0.127. The Bertz CT molecular complexity index is 890. The van der Waals surface area contributed by atoms with Crippen molar-refractivity contribution in [3.8, 4) is 0 Å². The molecule has 1 aromatic carbocycles. The van der Waals surface area contributed by atoms with E-state index in [9.17, 15) is 18.8 Å². The third kappa shape index (κ3) is 3.80. The standard InChI is InChI=1S/C17H13FN2O4S/c1-10-6-7-11(24-10)8-14-16(22)20(17(23)25-14)9-15(21)19-13-5-3-2-4-12(13)18/h2-8H,9H2,1H3,(H,19,21)/b14-8+. The summed E-state index contributed by atoms with van der Waals surface area (Å²) in [5.74, 6) is -0.734. The van der Waals surface area contributed by atoms with Crippen LogP contribution < -0.4 is 5.32 Å². The summed E-state index contributed by atoms with van der Waals surface area (Å²) < 4.78 is 18.9. The highest BCUT2D eigenvalue weighted by Gasteiger charge is 2.36. The molecule has 0 saturated carbocycles. The van der Waals surface area contributed by atoms with E-state index in [1.807, 2.05) is 0 Å². The molecule has 1 aromatic heterocycles. The van der Waals surface area contributed by atoms with Crippen molar-refractivity contribution in [1.29, 1.82) is 0 Å². The molecule has 0 unspecified atom stereocenters. The van der Waals surface area contributed by atoms with Gasteiger partial charge >= 0.3 is 0 Å². The number of para-hydroxylation sites is 1. The molecule has 1 aliphatic rings. The van der Waals surface area contributed by atoms with Crippen molar-refractivity contribution in [3.05, 3.63) is 58.6 Å². The van der Waals surface area contributed by atoms with Gasteiger partial charge < -0.3 is 9.73 Å². The van der Waals surface area contributed by atoms with Crippen molar-refractivity contribution in [2.75, 3.05) is 11.9 Å². The summed E-state index contributed by atoms with van der Waals surface area (Å²) in [6.07, 6.45) is 1.45. The topological polar surface area (TPSA) is 79.6 Å². The Balaban J connectivity index is 1.69. The van der Waals surface area contributed by atoms with Crippen LogP contribution in [0.15, 0.2) is 45.7 Å². The Kier molecular flexibility index (Phi) is 4.71. The number of benzene rings is 1. The van der Waals surface area contributed by atoms with Crippen LogP contribution in [-0.2, 0) is 9.59 Å². The minimum Gasteiger partial charge on any atom is -0.462 e. The normalized spacial score (nSPS) is 15.9. The number of rotatable bonds is 4. The minimum absolute atomic E-state index is 0.0129. The van der Waals surface area contributed by atoms with E-state index in [0.29, 0.717) is 11.5 Å². The number of amides is 3. The van der Waals surface area contributed by atoms with Gasteiger partial charge in [-0.15, -0.1) is 0 Å². The molecule has 3 rings (SSSR count). The first-order chi connectivity index (χ1) is 11.9. The van der Waals surface area contributed by atoms with Crippen LogP contribution in [-0.4, -0.2) is 28.5 Å². The molecule has 25 heavy (non-hydrogen) atoms. The van der Waals surface area contributed by atoms with E-state index < -0.39 is 29.4 Å². The average molecular weight is 360 g/mol. The van der Waals surface area contributed by atoms with E-state index >= 15 is 0 Å². The second-order valence-corrected chi connectivity index (χ2v) is 6.24. The zero-order chi connectivity index (χ0) is 18.0. The Morgan fingerprint density at radius 2 is 2.04 bits per heavy atom. The first-order valence-electron chi connectivity index (χ1n) is 7.30. The van der Waals surface area contributed by atoms with E-state index in [1.165, 1.54) is 24.3 Å². The SMILES string of the molecule is Cc1ccc(/C=C2/SC(=O)N(CC(=O)Nc3ccccc3F)C2=O)o1. The van der Waals surface area contributed by atoms with E-state index in [-0.39, 0.29) is 10.6 Å². The van der Waals surface area contributed by atoms with Crippen LogP contribution in [0.5, 0.6) is 0 Å². The number of furan rings is 1. The highest BCUT2D eigenvalue weighted by atomic mass is 32.2. The van der Waals surface area contributed by atoms with Gasteiger partial charge in [0.05, 0.1) is 10.6 Å². The molecule has 2 heterocycles. The fourth-order valence-electron chi connectivity index (χ4n) is 2.19. The first-order valence-corrected chi connectivity index (χ1v) is 8.12. The van der Waals surface area contributed by atoms with Gasteiger partial charge in [-0.25, -0.2) is 4.39 Å². The second-order valence-electron chi connectivity index (χ2n) is 5.24. The summed E-state index contributed by atoms with van der Waals surface area (Å²) in [5, 5.41) is 1.77. The van der Waals surface area contributed by atoms with E-state index in [4.69, 9.17) is 4.42 Å². The van der Waals surface area contributed by atoms with Crippen LogP contribution in [0.3, 0.4) is 0 Å².